The summed E-state index contributed by atoms with van der Waals surface area (Å²) in [6.45, 7) is 12.2. The molecule has 1 saturated heterocycles. The summed E-state index contributed by atoms with van der Waals surface area (Å²) >= 11 is 1.91. The molecule has 3 heterocycles. The van der Waals surface area contributed by atoms with Crippen molar-refractivity contribution < 1.29 is 9.53 Å². The number of hydrogen-bond donors (Lipinski definition) is 0. The molecule has 1 unspecified atom stereocenters. The van der Waals surface area contributed by atoms with E-state index in [1.165, 1.54) is 39.9 Å². The number of fused-ring (bicyclic) bond motifs is 3. The van der Waals surface area contributed by atoms with Gasteiger partial charge < -0.3 is 14.5 Å². The third-order valence-electron chi connectivity index (χ3n) is 8.36. The number of ether oxygens (including phenoxy) is 1. The highest BCUT2D eigenvalue weighted by Gasteiger charge is 2.35. The Morgan fingerprint density at radius 2 is 1.89 bits per heavy atom. The van der Waals surface area contributed by atoms with Crippen LogP contribution in [0, 0.1) is 18.3 Å². The zero-order valence-corrected chi connectivity index (χ0v) is 23.4. The molecule has 3 aliphatic rings. The van der Waals surface area contributed by atoms with Crippen molar-refractivity contribution in [3.63, 3.8) is 0 Å². The highest BCUT2D eigenvalue weighted by molar-refractivity contribution is 7.19. The smallest absolute Gasteiger partial charge is 0.260 e. The van der Waals surface area contributed by atoms with Gasteiger partial charge in [0.15, 0.2) is 6.61 Å². The number of benzene rings is 1. The molecule has 1 saturated carbocycles. The van der Waals surface area contributed by atoms with Crippen LogP contribution in [0.15, 0.2) is 24.3 Å². The number of hydrogen-bond acceptors (Lipinski definition) is 6. The van der Waals surface area contributed by atoms with Gasteiger partial charge in [-0.25, -0.2) is 9.97 Å². The van der Waals surface area contributed by atoms with Gasteiger partial charge in [-0.15, -0.1) is 11.3 Å². The minimum absolute atomic E-state index is 0.0498. The fourth-order valence-electron chi connectivity index (χ4n) is 5.78. The molecule has 37 heavy (non-hydrogen) atoms. The van der Waals surface area contributed by atoms with E-state index < -0.39 is 0 Å². The number of anilines is 1. The third kappa shape index (κ3) is 5.07. The van der Waals surface area contributed by atoms with Crippen LogP contribution in [0.5, 0.6) is 5.75 Å². The van der Waals surface area contributed by atoms with Crippen LogP contribution in [0.3, 0.4) is 0 Å². The summed E-state index contributed by atoms with van der Waals surface area (Å²) in [5.74, 6) is 4.17. The minimum Gasteiger partial charge on any atom is -0.484 e. The summed E-state index contributed by atoms with van der Waals surface area (Å²) in [5, 5.41) is 1.29. The highest BCUT2D eigenvalue weighted by Crippen LogP contribution is 2.47. The summed E-state index contributed by atoms with van der Waals surface area (Å²) in [4.78, 5) is 30.2. The molecule has 3 aromatic rings. The van der Waals surface area contributed by atoms with Gasteiger partial charge in [0.1, 0.15) is 22.2 Å². The number of aryl methyl sites for hydroxylation is 2. The van der Waals surface area contributed by atoms with Gasteiger partial charge in [0, 0.05) is 37.0 Å². The Morgan fingerprint density at radius 1 is 1.11 bits per heavy atom. The lowest BCUT2D eigenvalue weighted by atomic mass is 9.72. The van der Waals surface area contributed by atoms with E-state index in [2.05, 4.69) is 25.7 Å². The van der Waals surface area contributed by atoms with Gasteiger partial charge in [-0.2, -0.15) is 0 Å². The molecule has 7 heteroatoms. The molecule has 2 aromatic heterocycles. The van der Waals surface area contributed by atoms with Crippen LogP contribution in [0.2, 0.25) is 0 Å². The molecular weight excluding hydrogens is 480 g/mol. The predicted molar refractivity (Wildman–Crippen MR) is 150 cm³/mol. The molecule has 1 amide bonds. The van der Waals surface area contributed by atoms with Crippen LogP contribution in [0.25, 0.3) is 10.2 Å². The fourth-order valence-corrected chi connectivity index (χ4v) is 7.08. The Labute approximate surface area is 224 Å². The zero-order chi connectivity index (χ0) is 25.7. The minimum atomic E-state index is 0.0498. The standard InChI is InChI=1S/C30H38N4O2S/c1-19-6-5-7-22(16-19)36-18-25(35)33-12-14-34(15-13-33)28-26-23-11-10-21(30(2,3)4)17-24(23)37-29(26)32-27(31-28)20-8-9-20/h5-7,16,20-21H,8-15,17-18H2,1-4H3. The number of amides is 1. The number of rotatable bonds is 5. The largest absolute Gasteiger partial charge is 0.484 e. The van der Waals surface area contributed by atoms with Crippen LogP contribution in [0.4, 0.5) is 5.82 Å². The lowest BCUT2D eigenvalue weighted by Crippen LogP contribution is -2.50. The lowest BCUT2D eigenvalue weighted by molar-refractivity contribution is -0.133. The van der Waals surface area contributed by atoms with Crippen LogP contribution in [-0.2, 0) is 17.6 Å². The normalized spacial score (nSPS) is 20.3. The fraction of sp³-hybridized carbons (Fsp3) is 0.567. The van der Waals surface area contributed by atoms with Crippen molar-refractivity contribution in [1.82, 2.24) is 14.9 Å². The molecule has 1 aliphatic heterocycles. The third-order valence-corrected chi connectivity index (χ3v) is 9.51. The van der Waals surface area contributed by atoms with Crippen molar-refractivity contribution in [2.45, 2.75) is 65.7 Å². The highest BCUT2D eigenvalue weighted by atomic mass is 32.1. The molecule has 0 N–H and O–H groups in total. The molecule has 196 valence electrons. The maximum absolute atomic E-state index is 12.9. The summed E-state index contributed by atoms with van der Waals surface area (Å²) in [7, 11) is 0. The van der Waals surface area contributed by atoms with E-state index >= 15 is 0 Å². The van der Waals surface area contributed by atoms with Gasteiger partial charge in [-0.3, -0.25) is 4.79 Å². The van der Waals surface area contributed by atoms with Crippen molar-refractivity contribution >= 4 is 33.3 Å². The number of carbonyl (C=O) groups excluding carboxylic acids is 1. The molecule has 1 aromatic carbocycles. The SMILES string of the molecule is Cc1cccc(OCC(=O)N2CCN(c3nc(C4CC4)nc4sc5c(c34)CCC(C(C)(C)C)C5)CC2)c1. The molecule has 0 spiro atoms. The van der Waals surface area contributed by atoms with Gasteiger partial charge in [0.05, 0.1) is 5.39 Å². The van der Waals surface area contributed by atoms with Crippen molar-refractivity contribution in [1.29, 1.82) is 0 Å². The summed E-state index contributed by atoms with van der Waals surface area (Å²) < 4.78 is 5.78. The second-order valence-corrected chi connectivity index (χ2v) is 13.2. The molecule has 1 atom stereocenters. The second kappa shape index (κ2) is 9.57. The van der Waals surface area contributed by atoms with Crippen molar-refractivity contribution in [2.24, 2.45) is 11.3 Å². The van der Waals surface area contributed by atoms with Gasteiger partial charge in [0.2, 0.25) is 0 Å². The van der Waals surface area contributed by atoms with Crippen LogP contribution in [-0.4, -0.2) is 53.6 Å². The molecule has 0 bridgehead atoms. The van der Waals surface area contributed by atoms with Gasteiger partial charge in [0.25, 0.3) is 5.91 Å². The quantitative estimate of drug-likeness (QED) is 0.430. The Bertz CT molecular complexity index is 1320. The van der Waals surface area contributed by atoms with E-state index in [1.807, 2.05) is 47.4 Å². The number of piperazine rings is 1. The molecule has 2 fully saturated rings. The maximum Gasteiger partial charge on any atom is 0.260 e. The molecule has 0 radical (unpaired) electrons. The molecular formula is C30H38N4O2S. The summed E-state index contributed by atoms with van der Waals surface area (Å²) in [6, 6.07) is 7.86. The van der Waals surface area contributed by atoms with E-state index in [0.717, 1.165) is 48.9 Å². The Kier molecular flexibility index (Phi) is 6.38. The van der Waals surface area contributed by atoms with E-state index in [9.17, 15) is 4.79 Å². The predicted octanol–water partition coefficient (Wildman–Crippen LogP) is 5.76. The number of thiophene rings is 1. The Hall–Kier alpha value is -2.67. The first-order valence-corrected chi connectivity index (χ1v) is 14.6. The first-order chi connectivity index (χ1) is 17.8. The van der Waals surface area contributed by atoms with Crippen LogP contribution < -0.4 is 9.64 Å². The average molecular weight is 519 g/mol. The number of carbonyl (C=O) groups is 1. The summed E-state index contributed by atoms with van der Waals surface area (Å²) in [6.07, 6.45) is 5.90. The van der Waals surface area contributed by atoms with Crippen molar-refractivity contribution in [2.75, 3.05) is 37.7 Å². The monoisotopic (exact) mass is 518 g/mol. The number of nitrogens with zero attached hydrogens (tertiary/aromatic N) is 4. The van der Waals surface area contributed by atoms with E-state index in [-0.39, 0.29) is 12.5 Å². The topological polar surface area (TPSA) is 58.6 Å². The van der Waals surface area contributed by atoms with E-state index in [1.54, 1.807) is 0 Å². The average Bonchev–Trinajstić information content (AvgIpc) is 3.66. The first kappa shape index (κ1) is 24.7. The van der Waals surface area contributed by atoms with Crippen molar-refractivity contribution in [3.8, 4) is 5.75 Å². The number of aromatic nitrogens is 2. The van der Waals surface area contributed by atoms with E-state index in [4.69, 9.17) is 14.7 Å². The first-order valence-electron chi connectivity index (χ1n) is 13.8. The molecule has 2 aliphatic carbocycles. The van der Waals surface area contributed by atoms with Crippen LogP contribution in [0.1, 0.15) is 67.8 Å². The Balaban J connectivity index is 1.20. The van der Waals surface area contributed by atoms with Gasteiger partial charge in [-0.05, 0) is 73.6 Å². The molecule has 6 rings (SSSR count). The maximum atomic E-state index is 12.9. The van der Waals surface area contributed by atoms with Crippen LogP contribution >= 0.6 is 11.3 Å². The lowest BCUT2D eigenvalue weighted by Gasteiger charge is -2.36. The molecule has 6 nitrogen and oxygen atoms in total. The second-order valence-electron chi connectivity index (χ2n) is 12.1. The zero-order valence-electron chi connectivity index (χ0n) is 22.5. The van der Waals surface area contributed by atoms with Gasteiger partial charge in [-0.1, -0.05) is 32.9 Å². The van der Waals surface area contributed by atoms with E-state index in [0.29, 0.717) is 30.3 Å². The Morgan fingerprint density at radius 3 is 2.59 bits per heavy atom. The summed E-state index contributed by atoms with van der Waals surface area (Å²) in [5.41, 5.74) is 2.95. The van der Waals surface area contributed by atoms with Gasteiger partial charge >= 0.3 is 0 Å². The van der Waals surface area contributed by atoms with Crippen molar-refractivity contribution in [3.05, 3.63) is 46.1 Å².